The van der Waals surface area contributed by atoms with Crippen molar-refractivity contribution in [3.63, 3.8) is 0 Å². The predicted molar refractivity (Wildman–Crippen MR) is 83.5 cm³/mol. The van der Waals surface area contributed by atoms with E-state index in [1.807, 2.05) is 0 Å². The minimum atomic E-state index is 0.267. The highest BCUT2D eigenvalue weighted by Gasteiger charge is 2.35. The molecule has 0 aromatic heterocycles. The summed E-state index contributed by atoms with van der Waals surface area (Å²) < 4.78 is 0. The Balaban J connectivity index is 1.75. The SMILES string of the molecule is CCC1(CN2CCC(CNC(C)(C)C)C2)CCCC1. The van der Waals surface area contributed by atoms with E-state index in [1.165, 1.54) is 64.7 Å². The molecular weight excluding hydrogens is 232 g/mol. The minimum Gasteiger partial charge on any atom is -0.312 e. The molecule has 0 amide bonds. The smallest absolute Gasteiger partial charge is 0.00966 e. The fraction of sp³-hybridized carbons (Fsp3) is 1.00. The molecule has 2 aliphatic rings. The Hall–Kier alpha value is -0.0800. The van der Waals surface area contributed by atoms with Crippen LogP contribution < -0.4 is 5.32 Å². The van der Waals surface area contributed by atoms with Gasteiger partial charge in [0.2, 0.25) is 0 Å². The summed E-state index contributed by atoms with van der Waals surface area (Å²) in [6.45, 7) is 14.4. The lowest BCUT2D eigenvalue weighted by molar-refractivity contribution is 0.166. The molecule has 1 unspecified atom stereocenters. The van der Waals surface area contributed by atoms with Gasteiger partial charge in [0, 0.05) is 18.6 Å². The molecule has 0 aromatic carbocycles. The molecule has 1 aliphatic carbocycles. The molecule has 2 nitrogen and oxygen atoms in total. The largest absolute Gasteiger partial charge is 0.312 e. The van der Waals surface area contributed by atoms with Crippen molar-refractivity contribution in [2.75, 3.05) is 26.2 Å². The van der Waals surface area contributed by atoms with Crippen molar-refractivity contribution >= 4 is 0 Å². The summed E-state index contributed by atoms with van der Waals surface area (Å²) in [5, 5.41) is 3.67. The topological polar surface area (TPSA) is 15.3 Å². The monoisotopic (exact) mass is 266 g/mol. The molecule has 0 radical (unpaired) electrons. The van der Waals surface area contributed by atoms with Crippen LogP contribution >= 0.6 is 0 Å². The summed E-state index contributed by atoms with van der Waals surface area (Å²) in [5.74, 6) is 0.870. The molecule has 1 heterocycles. The van der Waals surface area contributed by atoms with E-state index in [9.17, 15) is 0 Å². The lowest BCUT2D eigenvalue weighted by atomic mass is 9.83. The third-order valence-electron chi connectivity index (χ3n) is 5.26. The van der Waals surface area contributed by atoms with E-state index in [4.69, 9.17) is 0 Å². The number of likely N-dealkylation sites (tertiary alicyclic amines) is 1. The maximum atomic E-state index is 3.67. The van der Waals surface area contributed by atoms with Crippen LogP contribution in [0.5, 0.6) is 0 Å². The Kier molecular flexibility index (Phi) is 4.94. The minimum absolute atomic E-state index is 0.267. The molecule has 2 fully saturated rings. The highest BCUT2D eigenvalue weighted by atomic mass is 15.2. The van der Waals surface area contributed by atoms with Gasteiger partial charge in [-0.25, -0.2) is 0 Å². The van der Waals surface area contributed by atoms with Crippen LogP contribution in [0.25, 0.3) is 0 Å². The zero-order valence-electron chi connectivity index (χ0n) is 13.6. The molecule has 1 saturated heterocycles. The van der Waals surface area contributed by atoms with Crippen LogP contribution in [0.3, 0.4) is 0 Å². The molecule has 0 spiro atoms. The highest BCUT2D eigenvalue weighted by molar-refractivity contribution is 4.89. The van der Waals surface area contributed by atoms with Crippen LogP contribution in [0.15, 0.2) is 0 Å². The van der Waals surface area contributed by atoms with E-state index in [0.29, 0.717) is 5.41 Å². The Bertz CT molecular complexity index is 273. The van der Waals surface area contributed by atoms with E-state index in [0.717, 1.165) is 5.92 Å². The number of nitrogens with zero attached hydrogens (tertiary/aromatic N) is 1. The van der Waals surface area contributed by atoms with E-state index in [-0.39, 0.29) is 5.54 Å². The number of nitrogens with one attached hydrogen (secondary N) is 1. The summed E-state index contributed by atoms with van der Waals surface area (Å²) in [6, 6.07) is 0. The second-order valence-corrected chi connectivity index (χ2v) is 8.08. The molecule has 2 rings (SSSR count). The number of rotatable bonds is 5. The highest BCUT2D eigenvalue weighted by Crippen LogP contribution is 2.42. The molecule has 112 valence electrons. The quantitative estimate of drug-likeness (QED) is 0.817. The maximum Gasteiger partial charge on any atom is 0.00966 e. The zero-order valence-corrected chi connectivity index (χ0v) is 13.6. The Morgan fingerprint density at radius 2 is 1.89 bits per heavy atom. The first-order valence-electron chi connectivity index (χ1n) is 8.40. The average molecular weight is 266 g/mol. The standard InChI is InChI=1S/C17H34N2/c1-5-17(9-6-7-10-17)14-19-11-8-15(13-19)12-18-16(2,3)4/h15,18H,5-14H2,1-4H3. The van der Waals surface area contributed by atoms with Crippen molar-refractivity contribution in [2.24, 2.45) is 11.3 Å². The van der Waals surface area contributed by atoms with Gasteiger partial charge in [0.1, 0.15) is 0 Å². The summed E-state index contributed by atoms with van der Waals surface area (Å²) in [5.41, 5.74) is 0.940. The van der Waals surface area contributed by atoms with Gasteiger partial charge in [-0.3, -0.25) is 0 Å². The Morgan fingerprint density at radius 3 is 2.47 bits per heavy atom. The molecule has 1 N–H and O–H groups in total. The third kappa shape index (κ3) is 4.46. The van der Waals surface area contributed by atoms with Crippen molar-refractivity contribution in [2.45, 2.75) is 71.8 Å². The van der Waals surface area contributed by atoms with Gasteiger partial charge in [0.05, 0.1) is 0 Å². The molecule has 1 aliphatic heterocycles. The predicted octanol–water partition coefficient (Wildman–Crippen LogP) is 3.67. The molecular formula is C17H34N2. The first kappa shape index (κ1) is 15.3. The average Bonchev–Trinajstić information content (AvgIpc) is 2.96. The summed E-state index contributed by atoms with van der Waals surface area (Å²) in [4.78, 5) is 2.75. The van der Waals surface area contributed by atoms with Gasteiger partial charge in [-0.05, 0) is 70.9 Å². The van der Waals surface area contributed by atoms with Gasteiger partial charge in [-0.2, -0.15) is 0 Å². The van der Waals surface area contributed by atoms with Gasteiger partial charge in [0.15, 0.2) is 0 Å². The van der Waals surface area contributed by atoms with Crippen molar-refractivity contribution in [3.05, 3.63) is 0 Å². The normalized spacial score (nSPS) is 28.1. The third-order valence-corrected chi connectivity index (χ3v) is 5.26. The van der Waals surface area contributed by atoms with Crippen molar-refractivity contribution in [3.8, 4) is 0 Å². The first-order chi connectivity index (χ1) is 8.92. The van der Waals surface area contributed by atoms with E-state index >= 15 is 0 Å². The summed E-state index contributed by atoms with van der Waals surface area (Å²) >= 11 is 0. The van der Waals surface area contributed by atoms with Gasteiger partial charge in [-0.15, -0.1) is 0 Å². The Labute approximate surface area is 120 Å². The van der Waals surface area contributed by atoms with Gasteiger partial charge >= 0.3 is 0 Å². The second kappa shape index (κ2) is 6.13. The molecule has 19 heavy (non-hydrogen) atoms. The molecule has 1 atom stereocenters. The second-order valence-electron chi connectivity index (χ2n) is 8.08. The van der Waals surface area contributed by atoms with Crippen LogP contribution in [-0.2, 0) is 0 Å². The van der Waals surface area contributed by atoms with Gasteiger partial charge < -0.3 is 10.2 Å². The van der Waals surface area contributed by atoms with E-state index in [2.05, 4.69) is 37.9 Å². The lowest BCUT2D eigenvalue weighted by Gasteiger charge is -2.33. The fourth-order valence-corrected chi connectivity index (χ4v) is 3.90. The lowest BCUT2D eigenvalue weighted by Crippen LogP contribution is -2.40. The maximum absolute atomic E-state index is 3.67. The summed E-state index contributed by atoms with van der Waals surface area (Å²) in [7, 11) is 0. The van der Waals surface area contributed by atoms with E-state index in [1.54, 1.807) is 0 Å². The van der Waals surface area contributed by atoms with E-state index < -0.39 is 0 Å². The van der Waals surface area contributed by atoms with Gasteiger partial charge in [0.25, 0.3) is 0 Å². The van der Waals surface area contributed by atoms with Crippen LogP contribution in [0.2, 0.25) is 0 Å². The van der Waals surface area contributed by atoms with Crippen LogP contribution in [-0.4, -0.2) is 36.6 Å². The Morgan fingerprint density at radius 1 is 1.21 bits per heavy atom. The number of hydrogen-bond donors (Lipinski definition) is 1. The summed E-state index contributed by atoms with van der Waals surface area (Å²) in [6.07, 6.45) is 8.67. The zero-order chi connectivity index (χ0) is 13.9. The fourth-order valence-electron chi connectivity index (χ4n) is 3.90. The molecule has 0 bridgehead atoms. The molecule has 0 aromatic rings. The van der Waals surface area contributed by atoms with Crippen LogP contribution in [0, 0.1) is 11.3 Å². The first-order valence-corrected chi connectivity index (χ1v) is 8.40. The molecule has 1 saturated carbocycles. The van der Waals surface area contributed by atoms with Crippen molar-refractivity contribution in [1.82, 2.24) is 10.2 Å². The molecule has 2 heteroatoms. The number of hydrogen-bond acceptors (Lipinski definition) is 2. The van der Waals surface area contributed by atoms with Crippen molar-refractivity contribution in [1.29, 1.82) is 0 Å². The van der Waals surface area contributed by atoms with Gasteiger partial charge in [-0.1, -0.05) is 19.8 Å². The van der Waals surface area contributed by atoms with Crippen molar-refractivity contribution < 1.29 is 0 Å². The van der Waals surface area contributed by atoms with Crippen LogP contribution in [0.1, 0.15) is 66.2 Å². The van der Waals surface area contributed by atoms with Crippen LogP contribution in [0.4, 0.5) is 0 Å².